The van der Waals surface area contributed by atoms with Crippen LogP contribution < -0.4 is 0 Å². The highest BCUT2D eigenvalue weighted by molar-refractivity contribution is 5.69. The van der Waals surface area contributed by atoms with Crippen LogP contribution in [0.3, 0.4) is 0 Å². The predicted molar refractivity (Wildman–Crippen MR) is 187 cm³/mol. The molecular formula is C39H74O4. The second-order valence-corrected chi connectivity index (χ2v) is 12.7. The Labute approximate surface area is 268 Å². The third kappa shape index (κ3) is 35.2. The molecular weight excluding hydrogens is 532 g/mol. The molecule has 1 N–H and O–H groups in total. The molecule has 0 spiro atoms. The highest BCUT2D eigenvalue weighted by atomic mass is 16.6. The average molecular weight is 607 g/mol. The van der Waals surface area contributed by atoms with Crippen LogP contribution in [0.1, 0.15) is 194 Å². The molecule has 0 heterocycles. The first-order chi connectivity index (χ1) is 21.2. The van der Waals surface area contributed by atoms with Gasteiger partial charge in [0.2, 0.25) is 0 Å². The van der Waals surface area contributed by atoms with Gasteiger partial charge in [-0.15, -0.1) is 0 Å². The molecule has 0 rings (SSSR count). The number of hydrogen-bond donors (Lipinski definition) is 1. The Kier molecular flexibility index (Phi) is 36.1. The van der Waals surface area contributed by atoms with Gasteiger partial charge in [-0.25, -0.2) is 0 Å². The van der Waals surface area contributed by atoms with Crippen LogP contribution in [-0.4, -0.2) is 37.0 Å². The SMILES string of the molecule is CCCCCCC/C=C\C/C=C\CCCCCCCCCCCC(=O)OC(CO)COCCCCCCCCCCCC. The van der Waals surface area contributed by atoms with Crippen LogP contribution >= 0.6 is 0 Å². The fourth-order valence-corrected chi connectivity index (χ4v) is 5.42. The highest BCUT2D eigenvalue weighted by Gasteiger charge is 2.13. The summed E-state index contributed by atoms with van der Waals surface area (Å²) < 4.78 is 11.1. The van der Waals surface area contributed by atoms with E-state index in [0.29, 0.717) is 19.6 Å². The molecule has 0 radical (unpaired) electrons. The Morgan fingerprint density at radius 1 is 0.558 bits per heavy atom. The molecule has 1 atom stereocenters. The normalized spacial score (nSPS) is 12.5. The van der Waals surface area contributed by atoms with Gasteiger partial charge in [0.1, 0.15) is 6.10 Å². The summed E-state index contributed by atoms with van der Waals surface area (Å²) in [6, 6.07) is 0. The molecule has 0 aliphatic heterocycles. The fraction of sp³-hybridized carbons (Fsp3) is 0.872. The summed E-state index contributed by atoms with van der Waals surface area (Å²) in [4.78, 5) is 12.1. The molecule has 0 aromatic heterocycles. The van der Waals surface area contributed by atoms with Gasteiger partial charge in [0, 0.05) is 13.0 Å². The largest absolute Gasteiger partial charge is 0.457 e. The van der Waals surface area contributed by atoms with Gasteiger partial charge in [0.15, 0.2) is 0 Å². The molecule has 254 valence electrons. The van der Waals surface area contributed by atoms with Crippen LogP contribution in [0.25, 0.3) is 0 Å². The van der Waals surface area contributed by atoms with Crippen molar-refractivity contribution in [3.8, 4) is 0 Å². The number of aliphatic hydroxyl groups is 1. The van der Waals surface area contributed by atoms with Crippen LogP contribution in [0.4, 0.5) is 0 Å². The molecule has 0 aromatic rings. The van der Waals surface area contributed by atoms with Crippen LogP contribution in [0.15, 0.2) is 24.3 Å². The molecule has 0 aliphatic carbocycles. The van der Waals surface area contributed by atoms with E-state index in [9.17, 15) is 9.90 Å². The zero-order valence-electron chi connectivity index (χ0n) is 29.0. The van der Waals surface area contributed by atoms with Gasteiger partial charge in [-0.3, -0.25) is 4.79 Å². The third-order valence-corrected chi connectivity index (χ3v) is 8.28. The summed E-state index contributed by atoms with van der Waals surface area (Å²) in [5.74, 6) is -0.204. The van der Waals surface area contributed by atoms with E-state index in [1.165, 1.54) is 148 Å². The maximum absolute atomic E-state index is 12.1. The van der Waals surface area contributed by atoms with E-state index in [2.05, 4.69) is 38.2 Å². The van der Waals surface area contributed by atoms with E-state index in [1.807, 2.05) is 0 Å². The Balaban J connectivity index is 3.42. The van der Waals surface area contributed by atoms with Crippen LogP contribution in [-0.2, 0) is 14.3 Å². The zero-order valence-corrected chi connectivity index (χ0v) is 29.0. The molecule has 4 heteroatoms. The standard InChI is InChI=1S/C39H74O4/c1-3-5-7-9-11-13-15-16-17-18-19-20-21-22-23-24-25-26-28-30-32-34-39(41)43-38(36-40)37-42-35-33-31-29-27-14-12-10-8-6-4-2/h15-16,18-19,38,40H,3-14,17,20-37H2,1-2H3/b16-15-,19-18-. The average Bonchev–Trinajstić information content (AvgIpc) is 3.01. The van der Waals surface area contributed by atoms with E-state index in [-0.39, 0.29) is 12.6 Å². The number of unbranched alkanes of at least 4 members (excludes halogenated alkanes) is 23. The number of esters is 1. The lowest BCUT2D eigenvalue weighted by Gasteiger charge is -2.16. The lowest BCUT2D eigenvalue weighted by molar-refractivity contribution is -0.154. The maximum Gasteiger partial charge on any atom is 0.306 e. The van der Waals surface area contributed by atoms with Crippen molar-refractivity contribution in [2.75, 3.05) is 19.8 Å². The number of carbonyl (C=O) groups excluding carboxylic acids is 1. The van der Waals surface area contributed by atoms with E-state index in [0.717, 1.165) is 25.7 Å². The molecule has 1 unspecified atom stereocenters. The van der Waals surface area contributed by atoms with Crippen molar-refractivity contribution in [2.24, 2.45) is 0 Å². The topological polar surface area (TPSA) is 55.8 Å². The van der Waals surface area contributed by atoms with Crippen molar-refractivity contribution in [3.63, 3.8) is 0 Å². The van der Waals surface area contributed by atoms with E-state index in [4.69, 9.17) is 9.47 Å². The summed E-state index contributed by atoms with van der Waals surface area (Å²) in [6.45, 7) is 5.34. The van der Waals surface area contributed by atoms with Gasteiger partial charge in [-0.05, 0) is 44.9 Å². The first kappa shape index (κ1) is 41.9. The number of carbonyl (C=O) groups is 1. The number of hydrogen-bond acceptors (Lipinski definition) is 4. The quantitative estimate of drug-likeness (QED) is 0.0443. The van der Waals surface area contributed by atoms with Gasteiger partial charge < -0.3 is 14.6 Å². The van der Waals surface area contributed by atoms with Crippen molar-refractivity contribution in [3.05, 3.63) is 24.3 Å². The minimum absolute atomic E-state index is 0.170. The molecule has 43 heavy (non-hydrogen) atoms. The summed E-state index contributed by atoms with van der Waals surface area (Å²) in [6.07, 6.45) is 43.6. The van der Waals surface area contributed by atoms with E-state index >= 15 is 0 Å². The molecule has 4 nitrogen and oxygen atoms in total. The first-order valence-corrected chi connectivity index (χ1v) is 18.9. The van der Waals surface area contributed by atoms with Gasteiger partial charge in [-0.2, -0.15) is 0 Å². The van der Waals surface area contributed by atoms with Crippen molar-refractivity contribution in [1.82, 2.24) is 0 Å². The first-order valence-electron chi connectivity index (χ1n) is 18.9. The van der Waals surface area contributed by atoms with Crippen molar-refractivity contribution >= 4 is 5.97 Å². The lowest BCUT2D eigenvalue weighted by atomic mass is 10.1. The Morgan fingerprint density at radius 3 is 1.44 bits per heavy atom. The summed E-state index contributed by atoms with van der Waals surface area (Å²) in [5.41, 5.74) is 0. The monoisotopic (exact) mass is 607 g/mol. The minimum atomic E-state index is -0.530. The number of aliphatic hydroxyl groups excluding tert-OH is 1. The van der Waals surface area contributed by atoms with Crippen molar-refractivity contribution < 1.29 is 19.4 Å². The molecule has 0 aliphatic rings. The minimum Gasteiger partial charge on any atom is -0.457 e. The smallest absolute Gasteiger partial charge is 0.306 e. The van der Waals surface area contributed by atoms with Crippen LogP contribution in [0.5, 0.6) is 0 Å². The second-order valence-electron chi connectivity index (χ2n) is 12.7. The molecule has 0 fully saturated rings. The maximum atomic E-state index is 12.1. The number of allylic oxidation sites excluding steroid dienone is 4. The Bertz CT molecular complexity index is 600. The van der Waals surface area contributed by atoms with E-state index in [1.54, 1.807) is 0 Å². The van der Waals surface area contributed by atoms with Gasteiger partial charge in [0.05, 0.1) is 13.2 Å². The molecule has 0 aromatic carbocycles. The lowest BCUT2D eigenvalue weighted by Crippen LogP contribution is -2.27. The number of rotatable bonds is 35. The van der Waals surface area contributed by atoms with Crippen LogP contribution in [0.2, 0.25) is 0 Å². The summed E-state index contributed by atoms with van der Waals surface area (Å²) in [7, 11) is 0. The Morgan fingerprint density at radius 2 is 0.977 bits per heavy atom. The van der Waals surface area contributed by atoms with Gasteiger partial charge in [0.25, 0.3) is 0 Å². The zero-order chi connectivity index (χ0) is 31.3. The molecule has 0 saturated carbocycles. The van der Waals surface area contributed by atoms with Gasteiger partial charge >= 0.3 is 5.97 Å². The number of ether oxygens (including phenoxy) is 2. The predicted octanol–water partition coefficient (Wildman–Crippen LogP) is 12.0. The van der Waals surface area contributed by atoms with E-state index < -0.39 is 6.10 Å². The highest BCUT2D eigenvalue weighted by Crippen LogP contribution is 2.13. The Hall–Kier alpha value is -1.13. The van der Waals surface area contributed by atoms with Crippen LogP contribution in [0, 0.1) is 0 Å². The fourth-order valence-electron chi connectivity index (χ4n) is 5.42. The molecule has 0 bridgehead atoms. The van der Waals surface area contributed by atoms with Gasteiger partial charge in [-0.1, -0.05) is 167 Å². The molecule has 0 amide bonds. The third-order valence-electron chi connectivity index (χ3n) is 8.28. The summed E-state index contributed by atoms with van der Waals surface area (Å²) in [5, 5.41) is 9.54. The van der Waals surface area contributed by atoms with Crippen molar-refractivity contribution in [1.29, 1.82) is 0 Å². The van der Waals surface area contributed by atoms with Crippen molar-refractivity contribution in [2.45, 2.75) is 200 Å². The molecule has 0 saturated heterocycles. The second kappa shape index (κ2) is 37.1. The summed E-state index contributed by atoms with van der Waals surface area (Å²) >= 11 is 0.